The Balaban J connectivity index is 1.85. The lowest BCUT2D eigenvalue weighted by Gasteiger charge is -2.12. The topological polar surface area (TPSA) is 50.4 Å². The number of para-hydroxylation sites is 2. The van der Waals surface area contributed by atoms with Gasteiger partial charge in [0.15, 0.2) is 0 Å². The van der Waals surface area contributed by atoms with E-state index in [9.17, 15) is 4.79 Å². The number of carbonyl (C=O) groups is 1. The molecule has 2 rings (SSSR count). The van der Waals surface area contributed by atoms with E-state index in [4.69, 9.17) is 4.74 Å². The van der Waals surface area contributed by atoms with Gasteiger partial charge in [0.25, 0.3) is 0 Å². The quantitative estimate of drug-likeness (QED) is 0.808. The predicted octanol–water partition coefficient (Wildman–Crippen LogP) is 4.21. The minimum atomic E-state index is -0.237. The van der Waals surface area contributed by atoms with E-state index < -0.39 is 0 Å². The molecule has 0 unspecified atom stereocenters. The minimum absolute atomic E-state index is 0.237. The molecule has 0 atom stereocenters. The van der Waals surface area contributed by atoms with Crippen LogP contribution in [0.4, 0.5) is 10.5 Å². The largest absolute Gasteiger partial charge is 0.492 e. The van der Waals surface area contributed by atoms with Crippen molar-refractivity contribution in [3.05, 3.63) is 58.6 Å². The second-order valence-electron chi connectivity index (χ2n) is 4.65. The molecule has 0 aliphatic heterocycles. The molecule has 0 spiro atoms. The molecule has 0 aliphatic carbocycles. The van der Waals surface area contributed by atoms with Crippen LogP contribution in [0, 0.1) is 0 Å². The highest BCUT2D eigenvalue weighted by molar-refractivity contribution is 9.10. The molecular weight excluding hydrogens is 344 g/mol. The number of rotatable bonds is 6. The van der Waals surface area contributed by atoms with Gasteiger partial charge in [0, 0.05) is 11.0 Å². The molecule has 0 radical (unpaired) electrons. The van der Waals surface area contributed by atoms with Crippen molar-refractivity contribution in [3.63, 3.8) is 0 Å². The van der Waals surface area contributed by atoms with E-state index in [-0.39, 0.29) is 6.03 Å². The van der Waals surface area contributed by atoms with Gasteiger partial charge in [0.1, 0.15) is 5.75 Å². The second kappa shape index (κ2) is 8.44. The number of amides is 2. The lowest BCUT2D eigenvalue weighted by atomic mass is 10.1. The molecule has 22 heavy (non-hydrogen) atoms. The maximum absolute atomic E-state index is 12.0. The summed E-state index contributed by atoms with van der Waals surface area (Å²) in [5.74, 6) is 0.672. The molecule has 0 heterocycles. The monoisotopic (exact) mass is 362 g/mol. The molecule has 0 aliphatic rings. The zero-order valence-corrected chi connectivity index (χ0v) is 14.0. The summed E-state index contributed by atoms with van der Waals surface area (Å²) in [7, 11) is 0. The third kappa shape index (κ3) is 4.77. The van der Waals surface area contributed by atoms with Gasteiger partial charge in [-0.15, -0.1) is 0 Å². The van der Waals surface area contributed by atoms with Crippen LogP contribution in [0.15, 0.2) is 53.0 Å². The molecule has 2 N–H and O–H groups in total. The van der Waals surface area contributed by atoms with E-state index >= 15 is 0 Å². The Morgan fingerprint density at radius 2 is 1.86 bits per heavy atom. The van der Waals surface area contributed by atoms with Crippen LogP contribution in [-0.2, 0) is 6.42 Å². The average Bonchev–Trinajstić information content (AvgIpc) is 2.51. The number of hydrogen-bond acceptors (Lipinski definition) is 2. The van der Waals surface area contributed by atoms with Gasteiger partial charge < -0.3 is 15.4 Å². The summed E-state index contributed by atoms with van der Waals surface area (Å²) in [5.41, 5.74) is 1.83. The number of hydrogen-bond donors (Lipinski definition) is 2. The Kier molecular flexibility index (Phi) is 6.27. The fourth-order valence-electron chi connectivity index (χ4n) is 2.03. The SMILES string of the molecule is CCOc1ccccc1NC(=O)NCCc1ccccc1Br. The zero-order valence-electron chi connectivity index (χ0n) is 12.4. The number of halogens is 1. The number of benzene rings is 2. The molecule has 0 aromatic heterocycles. The summed E-state index contributed by atoms with van der Waals surface area (Å²) in [6.45, 7) is 3.03. The summed E-state index contributed by atoms with van der Waals surface area (Å²) in [5, 5.41) is 5.66. The third-order valence-electron chi connectivity index (χ3n) is 3.07. The molecule has 2 amide bonds. The molecule has 0 fully saturated rings. The van der Waals surface area contributed by atoms with Gasteiger partial charge >= 0.3 is 6.03 Å². The Bertz CT molecular complexity index is 632. The van der Waals surface area contributed by atoms with Gasteiger partial charge in [-0.2, -0.15) is 0 Å². The Morgan fingerprint density at radius 3 is 2.64 bits per heavy atom. The van der Waals surface area contributed by atoms with Gasteiger partial charge in [-0.3, -0.25) is 0 Å². The van der Waals surface area contributed by atoms with Crippen molar-refractivity contribution >= 4 is 27.6 Å². The van der Waals surface area contributed by atoms with Crippen LogP contribution >= 0.6 is 15.9 Å². The van der Waals surface area contributed by atoms with Crippen molar-refractivity contribution in [3.8, 4) is 5.75 Å². The summed E-state index contributed by atoms with van der Waals surface area (Å²) in [6, 6.07) is 15.1. The number of urea groups is 1. The minimum Gasteiger partial charge on any atom is -0.492 e. The molecule has 4 nitrogen and oxygen atoms in total. The van der Waals surface area contributed by atoms with Crippen molar-refractivity contribution in [2.45, 2.75) is 13.3 Å². The standard InChI is InChI=1S/C17H19BrN2O2/c1-2-22-16-10-6-5-9-15(16)20-17(21)19-12-11-13-7-3-4-8-14(13)18/h3-10H,2,11-12H2,1H3,(H2,19,20,21). The van der Waals surface area contributed by atoms with Gasteiger partial charge in [-0.05, 0) is 37.1 Å². The van der Waals surface area contributed by atoms with Crippen molar-refractivity contribution in [1.82, 2.24) is 5.32 Å². The van der Waals surface area contributed by atoms with Crippen LogP contribution in [0.3, 0.4) is 0 Å². The van der Waals surface area contributed by atoms with Crippen molar-refractivity contribution in [1.29, 1.82) is 0 Å². The van der Waals surface area contributed by atoms with Gasteiger partial charge in [-0.1, -0.05) is 46.3 Å². The molecule has 116 valence electrons. The summed E-state index contributed by atoms with van der Waals surface area (Å²) < 4.78 is 6.53. The molecule has 0 saturated carbocycles. The van der Waals surface area contributed by atoms with Gasteiger partial charge in [0.05, 0.1) is 12.3 Å². The van der Waals surface area contributed by atoms with Crippen LogP contribution in [0.25, 0.3) is 0 Å². The summed E-state index contributed by atoms with van der Waals surface area (Å²) in [6.07, 6.45) is 0.766. The van der Waals surface area contributed by atoms with Crippen LogP contribution < -0.4 is 15.4 Å². The van der Waals surface area contributed by atoms with Crippen LogP contribution in [0.1, 0.15) is 12.5 Å². The van der Waals surface area contributed by atoms with E-state index in [2.05, 4.69) is 26.6 Å². The Labute approximate surface area is 139 Å². The van der Waals surface area contributed by atoms with E-state index in [1.807, 2.05) is 55.5 Å². The highest BCUT2D eigenvalue weighted by Crippen LogP contribution is 2.23. The van der Waals surface area contributed by atoms with Crippen LogP contribution in [0.5, 0.6) is 5.75 Å². The van der Waals surface area contributed by atoms with Crippen LogP contribution in [0.2, 0.25) is 0 Å². The van der Waals surface area contributed by atoms with E-state index in [0.717, 1.165) is 16.5 Å². The Morgan fingerprint density at radius 1 is 1.14 bits per heavy atom. The van der Waals surface area contributed by atoms with E-state index in [0.29, 0.717) is 24.6 Å². The summed E-state index contributed by atoms with van der Waals surface area (Å²) in [4.78, 5) is 12.0. The first kappa shape index (κ1) is 16.4. The normalized spacial score (nSPS) is 10.1. The molecule has 5 heteroatoms. The first-order valence-corrected chi connectivity index (χ1v) is 8.00. The molecule has 0 bridgehead atoms. The Hall–Kier alpha value is -2.01. The lowest BCUT2D eigenvalue weighted by molar-refractivity contribution is 0.252. The van der Waals surface area contributed by atoms with Gasteiger partial charge in [0.2, 0.25) is 0 Å². The van der Waals surface area contributed by atoms with Gasteiger partial charge in [-0.25, -0.2) is 4.79 Å². The highest BCUT2D eigenvalue weighted by atomic mass is 79.9. The van der Waals surface area contributed by atoms with E-state index in [1.165, 1.54) is 0 Å². The molecule has 2 aromatic rings. The number of anilines is 1. The zero-order chi connectivity index (χ0) is 15.8. The first-order valence-electron chi connectivity index (χ1n) is 7.20. The predicted molar refractivity (Wildman–Crippen MR) is 92.5 cm³/mol. The average molecular weight is 363 g/mol. The molecule has 0 saturated heterocycles. The van der Waals surface area contributed by atoms with E-state index in [1.54, 1.807) is 0 Å². The second-order valence-corrected chi connectivity index (χ2v) is 5.51. The first-order chi connectivity index (χ1) is 10.7. The fraction of sp³-hybridized carbons (Fsp3) is 0.235. The highest BCUT2D eigenvalue weighted by Gasteiger charge is 2.07. The van der Waals surface area contributed by atoms with Crippen molar-refractivity contribution in [2.24, 2.45) is 0 Å². The third-order valence-corrected chi connectivity index (χ3v) is 3.85. The number of nitrogens with one attached hydrogen (secondary N) is 2. The van der Waals surface area contributed by atoms with Crippen LogP contribution in [-0.4, -0.2) is 19.2 Å². The number of carbonyl (C=O) groups excluding carboxylic acids is 1. The molecule has 2 aromatic carbocycles. The van der Waals surface area contributed by atoms with Crippen molar-refractivity contribution < 1.29 is 9.53 Å². The lowest BCUT2D eigenvalue weighted by Crippen LogP contribution is -2.30. The number of ether oxygens (including phenoxy) is 1. The fourth-order valence-corrected chi connectivity index (χ4v) is 2.51. The summed E-state index contributed by atoms with van der Waals surface area (Å²) >= 11 is 3.50. The maximum atomic E-state index is 12.0. The molecular formula is C17H19BrN2O2. The maximum Gasteiger partial charge on any atom is 0.319 e. The smallest absolute Gasteiger partial charge is 0.319 e. The van der Waals surface area contributed by atoms with Crippen molar-refractivity contribution in [2.75, 3.05) is 18.5 Å².